The van der Waals surface area contributed by atoms with E-state index in [9.17, 15) is 14.4 Å². The van der Waals surface area contributed by atoms with Crippen molar-refractivity contribution in [3.05, 3.63) is 0 Å². The van der Waals surface area contributed by atoms with Gasteiger partial charge in [-0.1, -0.05) is 278 Å². The number of hydrogen-bond acceptors (Lipinski definition) is 6. The molecule has 0 aliphatic carbocycles. The van der Waals surface area contributed by atoms with Crippen molar-refractivity contribution in [2.75, 3.05) is 13.2 Å². The molecule has 0 aromatic rings. The summed E-state index contributed by atoms with van der Waals surface area (Å²) in [5.41, 5.74) is 0. The monoisotopic (exact) mass is 877 g/mol. The first-order chi connectivity index (χ1) is 30.4. The largest absolute Gasteiger partial charge is 0.462 e. The van der Waals surface area contributed by atoms with Gasteiger partial charge in [0.1, 0.15) is 13.2 Å². The van der Waals surface area contributed by atoms with Crippen molar-refractivity contribution in [2.45, 2.75) is 323 Å². The van der Waals surface area contributed by atoms with Gasteiger partial charge in [0, 0.05) is 19.3 Å². The van der Waals surface area contributed by atoms with E-state index in [-0.39, 0.29) is 31.1 Å². The maximum atomic E-state index is 12.8. The van der Waals surface area contributed by atoms with Gasteiger partial charge in [-0.25, -0.2) is 0 Å². The number of carbonyl (C=O) groups excluding carboxylic acids is 3. The fourth-order valence-corrected chi connectivity index (χ4v) is 8.54. The van der Waals surface area contributed by atoms with Crippen molar-refractivity contribution in [1.82, 2.24) is 0 Å². The van der Waals surface area contributed by atoms with Gasteiger partial charge in [0.15, 0.2) is 6.10 Å². The molecule has 0 spiro atoms. The highest BCUT2D eigenvalue weighted by molar-refractivity contribution is 5.71. The maximum Gasteiger partial charge on any atom is 0.306 e. The maximum absolute atomic E-state index is 12.8. The first kappa shape index (κ1) is 60.4. The molecule has 368 valence electrons. The fraction of sp³-hybridized carbons (Fsp3) is 0.946. The number of ether oxygens (including phenoxy) is 3. The number of carbonyl (C=O) groups is 3. The molecule has 2 atom stereocenters. The van der Waals surface area contributed by atoms with Gasteiger partial charge >= 0.3 is 17.9 Å². The Bertz CT molecular complexity index is 935. The molecule has 0 bridgehead atoms. The molecule has 0 fully saturated rings. The minimum atomic E-state index is -0.761. The van der Waals surface area contributed by atoms with Crippen LogP contribution in [0.25, 0.3) is 0 Å². The molecule has 62 heavy (non-hydrogen) atoms. The van der Waals surface area contributed by atoms with Crippen molar-refractivity contribution in [2.24, 2.45) is 5.92 Å². The Morgan fingerprint density at radius 1 is 0.323 bits per heavy atom. The second-order valence-corrected chi connectivity index (χ2v) is 19.5. The average molecular weight is 877 g/mol. The van der Waals surface area contributed by atoms with E-state index < -0.39 is 6.10 Å². The van der Waals surface area contributed by atoms with E-state index in [0.29, 0.717) is 19.3 Å². The van der Waals surface area contributed by atoms with E-state index >= 15 is 0 Å². The van der Waals surface area contributed by atoms with E-state index in [1.165, 1.54) is 212 Å². The lowest BCUT2D eigenvalue weighted by atomic mass is 9.99. The molecule has 0 amide bonds. The Morgan fingerprint density at radius 3 is 0.839 bits per heavy atom. The summed E-state index contributed by atoms with van der Waals surface area (Å²) in [5.74, 6) is 0.0546. The molecule has 0 aliphatic rings. The third-order valence-corrected chi connectivity index (χ3v) is 13.2. The number of esters is 3. The SMILES string of the molecule is CCCCCCCCCCCCCCCCCCC(=O)OC[C@H](COC(=O)CCCCCCCCCCCC)OC(=O)CCCCCCCCCCCCCCCCC(C)CC. The lowest BCUT2D eigenvalue weighted by Gasteiger charge is -2.18. The predicted octanol–water partition coefficient (Wildman–Crippen LogP) is 18.2. The van der Waals surface area contributed by atoms with Crippen LogP contribution in [0, 0.1) is 5.92 Å². The Morgan fingerprint density at radius 2 is 0.565 bits per heavy atom. The van der Waals surface area contributed by atoms with Crippen LogP contribution in [0.3, 0.4) is 0 Å². The van der Waals surface area contributed by atoms with Crippen molar-refractivity contribution in [3.63, 3.8) is 0 Å². The molecule has 0 aliphatic heterocycles. The summed E-state index contributed by atoms with van der Waals surface area (Å²) >= 11 is 0. The summed E-state index contributed by atoms with van der Waals surface area (Å²) in [7, 11) is 0. The second-order valence-electron chi connectivity index (χ2n) is 19.5. The Labute approximate surface area is 387 Å². The van der Waals surface area contributed by atoms with E-state index in [2.05, 4.69) is 27.7 Å². The molecule has 1 unspecified atom stereocenters. The molecule has 6 nitrogen and oxygen atoms in total. The van der Waals surface area contributed by atoms with E-state index in [0.717, 1.165) is 63.7 Å². The number of hydrogen-bond donors (Lipinski definition) is 0. The van der Waals surface area contributed by atoms with Crippen LogP contribution < -0.4 is 0 Å². The van der Waals surface area contributed by atoms with E-state index in [4.69, 9.17) is 14.2 Å². The van der Waals surface area contributed by atoms with Crippen LogP contribution >= 0.6 is 0 Å². The number of rotatable bonds is 51. The fourth-order valence-electron chi connectivity index (χ4n) is 8.54. The molecule has 0 rings (SSSR count). The molecule has 0 heterocycles. The van der Waals surface area contributed by atoms with E-state index in [1.54, 1.807) is 0 Å². The van der Waals surface area contributed by atoms with Crippen LogP contribution in [0.2, 0.25) is 0 Å². The highest BCUT2D eigenvalue weighted by Crippen LogP contribution is 2.18. The summed E-state index contributed by atoms with van der Waals surface area (Å²) in [6.45, 7) is 9.08. The molecule has 6 heteroatoms. The predicted molar refractivity (Wildman–Crippen MR) is 266 cm³/mol. The van der Waals surface area contributed by atoms with Gasteiger partial charge in [0.2, 0.25) is 0 Å². The van der Waals surface area contributed by atoms with Crippen molar-refractivity contribution >= 4 is 17.9 Å². The second kappa shape index (κ2) is 50.4. The van der Waals surface area contributed by atoms with Gasteiger partial charge in [0.05, 0.1) is 0 Å². The zero-order chi connectivity index (χ0) is 45.2. The third-order valence-electron chi connectivity index (χ3n) is 13.2. The highest BCUT2D eigenvalue weighted by atomic mass is 16.6. The average Bonchev–Trinajstić information content (AvgIpc) is 3.27. The van der Waals surface area contributed by atoms with Crippen molar-refractivity contribution < 1.29 is 28.6 Å². The van der Waals surface area contributed by atoms with Gasteiger partial charge in [-0.05, 0) is 25.2 Å². The van der Waals surface area contributed by atoms with Crippen LogP contribution in [0.15, 0.2) is 0 Å². The molecule has 0 saturated carbocycles. The Balaban J connectivity index is 4.26. The molecule has 0 radical (unpaired) electrons. The Kier molecular flexibility index (Phi) is 49.1. The molecule has 0 N–H and O–H groups in total. The van der Waals surface area contributed by atoms with Crippen LogP contribution in [-0.2, 0) is 28.6 Å². The van der Waals surface area contributed by atoms with Crippen molar-refractivity contribution in [1.29, 1.82) is 0 Å². The molecular weight excluding hydrogens is 769 g/mol. The molecule has 0 aromatic heterocycles. The van der Waals surface area contributed by atoms with Gasteiger partial charge in [0.25, 0.3) is 0 Å². The summed E-state index contributed by atoms with van der Waals surface area (Å²) in [4.78, 5) is 38.0. The van der Waals surface area contributed by atoms with Crippen molar-refractivity contribution in [3.8, 4) is 0 Å². The summed E-state index contributed by atoms with van der Waals surface area (Å²) in [6, 6.07) is 0. The first-order valence-electron chi connectivity index (χ1n) is 27.9. The highest BCUT2D eigenvalue weighted by Gasteiger charge is 2.19. The molecule has 0 aromatic carbocycles. The van der Waals surface area contributed by atoms with Gasteiger partial charge < -0.3 is 14.2 Å². The quantitative estimate of drug-likeness (QED) is 0.0344. The zero-order valence-corrected chi connectivity index (χ0v) is 42.3. The van der Waals surface area contributed by atoms with Gasteiger partial charge in [-0.3, -0.25) is 14.4 Å². The van der Waals surface area contributed by atoms with Crippen LogP contribution in [-0.4, -0.2) is 37.2 Å². The minimum absolute atomic E-state index is 0.0621. The third kappa shape index (κ3) is 47.9. The normalized spacial score (nSPS) is 12.4. The van der Waals surface area contributed by atoms with Gasteiger partial charge in [-0.2, -0.15) is 0 Å². The molecular formula is C56H108O6. The number of unbranched alkanes of at least 4 members (excludes halogenated alkanes) is 37. The first-order valence-corrected chi connectivity index (χ1v) is 27.9. The zero-order valence-electron chi connectivity index (χ0n) is 42.3. The van der Waals surface area contributed by atoms with Crippen LogP contribution in [0.1, 0.15) is 317 Å². The lowest BCUT2D eigenvalue weighted by Crippen LogP contribution is -2.30. The lowest BCUT2D eigenvalue weighted by molar-refractivity contribution is -0.167. The van der Waals surface area contributed by atoms with E-state index in [1.807, 2.05) is 0 Å². The van der Waals surface area contributed by atoms with Gasteiger partial charge in [-0.15, -0.1) is 0 Å². The topological polar surface area (TPSA) is 78.9 Å². The smallest absolute Gasteiger partial charge is 0.306 e. The van der Waals surface area contributed by atoms with Crippen LogP contribution in [0.4, 0.5) is 0 Å². The summed E-state index contributed by atoms with van der Waals surface area (Å²) in [6.07, 6.45) is 53.7. The summed E-state index contributed by atoms with van der Waals surface area (Å²) < 4.78 is 16.8. The minimum Gasteiger partial charge on any atom is -0.462 e. The Hall–Kier alpha value is -1.59. The molecule has 0 saturated heterocycles. The van der Waals surface area contributed by atoms with Crippen LogP contribution in [0.5, 0.6) is 0 Å². The summed E-state index contributed by atoms with van der Waals surface area (Å²) in [5, 5.41) is 0. The standard InChI is InChI=1S/C56H108O6/c1-5-8-10-12-14-16-18-19-20-21-25-28-32-36-40-44-48-55(58)61-51-53(50-60-54(57)47-43-39-35-31-17-15-13-11-9-6-2)62-56(59)49-45-41-37-33-29-26-23-22-24-27-30-34-38-42-46-52(4)7-3/h52-53H,5-51H2,1-4H3/t52?,53-/m0/s1.